The predicted molar refractivity (Wildman–Crippen MR) is 58.5 cm³/mol. The molecule has 0 aromatic heterocycles. The third-order valence-electron chi connectivity index (χ3n) is 2.29. The summed E-state index contributed by atoms with van der Waals surface area (Å²) in [6.07, 6.45) is 0.463. The lowest BCUT2D eigenvalue weighted by atomic mass is 9.94. The topological polar surface area (TPSA) is 12.0 Å². The first-order chi connectivity index (χ1) is 6.56. The van der Waals surface area contributed by atoms with Crippen molar-refractivity contribution in [2.45, 2.75) is 19.0 Å². The summed E-state index contributed by atoms with van der Waals surface area (Å²) in [5.74, 6) is 0. The van der Waals surface area contributed by atoms with Gasteiger partial charge in [0.05, 0.1) is 0 Å². The zero-order chi connectivity index (χ0) is 10.6. The molecule has 3 heteroatoms. The minimum Gasteiger partial charge on any atom is -0.320 e. The number of hydrogen-bond donors (Lipinski definition) is 1. The molecule has 0 amide bonds. The Hall–Kier alpha value is -0.600. The average Bonchev–Trinajstić information content (AvgIpc) is 2.16. The first kappa shape index (κ1) is 11.5. The van der Waals surface area contributed by atoms with E-state index in [2.05, 4.69) is 5.32 Å². The van der Waals surface area contributed by atoms with Crippen LogP contribution in [0.2, 0.25) is 5.02 Å². The van der Waals surface area contributed by atoms with Gasteiger partial charge in [0.2, 0.25) is 0 Å². The number of rotatable bonds is 4. The molecule has 14 heavy (non-hydrogen) atoms. The van der Waals surface area contributed by atoms with Crippen molar-refractivity contribution in [1.82, 2.24) is 5.32 Å². The number of halogens is 2. The van der Waals surface area contributed by atoms with Crippen molar-refractivity contribution in [3.63, 3.8) is 0 Å². The van der Waals surface area contributed by atoms with Crippen molar-refractivity contribution in [3.8, 4) is 0 Å². The van der Waals surface area contributed by atoms with Gasteiger partial charge in [0.25, 0.3) is 0 Å². The largest absolute Gasteiger partial charge is 0.320 e. The van der Waals surface area contributed by atoms with E-state index in [1.54, 1.807) is 31.2 Å². The van der Waals surface area contributed by atoms with Gasteiger partial charge in [0, 0.05) is 5.02 Å². The summed E-state index contributed by atoms with van der Waals surface area (Å²) >= 11 is 5.73. The van der Waals surface area contributed by atoms with E-state index >= 15 is 0 Å². The monoisotopic (exact) mass is 215 g/mol. The third-order valence-corrected chi connectivity index (χ3v) is 2.54. The van der Waals surface area contributed by atoms with Crippen LogP contribution in [0.4, 0.5) is 4.39 Å². The molecule has 0 aliphatic carbocycles. The molecular formula is C11H15ClFN. The molecule has 0 radical (unpaired) electrons. The van der Waals surface area contributed by atoms with Gasteiger partial charge in [0.1, 0.15) is 5.67 Å². The molecule has 1 aromatic carbocycles. The first-order valence-corrected chi connectivity index (χ1v) is 5.03. The molecule has 78 valence electrons. The van der Waals surface area contributed by atoms with Crippen molar-refractivity contribution in [3.05, 3.63) is 34.9 Å². The Balaban J connectivity index is 2.75. The van der Waals surface area contributed by atoms with Gasteiger partial charge in [-0.05, 0) is 44.6 Å². The highest BCUT2D eigenvalue weighted by Gasteiger charge is 2.24. The zero-order valence-electron chi connectivity index (χ0n) is 8.48. The highest BCUT2D eigenvalue weighted by Crippen LogP contribution is 2.29. The van der Waals surface area contributed by atoms with E-state index in [-0.39, 0.29) is 0 Å². The third kappa shape index (κ3) is 2.96. The molecule has 0 aliphatic rings. The summed E-state index contributed by atoms with van der Waals surface area (Å²) in [7, 11) is 1.82. The van der Waals surface area contributed by atoms with Gasteiger partial charge < -0.3 is 5.32 Å². The molecule has 1 rings (SSSR count). The standard InChI is InChI=1S/C11H15ClFN/c1-11(13,7-8-14-2)9-3-5-10(12)6-4-9/h3-6,14H,7-8H2,1-2H3. The summed E-state index contributed by atoms with van der Waals surface area (Å²) in [4.78, 5) is 0. The SMILES string of the molecule is CNCCC(C)(F)c1ccc(Cl)cc1. The molecule has 0 saturated heterocycles. The Morgan fingerprint density at radius 1 is 1.36 bits per heavy atom. The molecule has 0 spiro atoms. The predicted octanol–water partition coefficient (Wildman–Crippen LogP) is 3.13. The van der Waals surface area contributed by atoms with Gasteiger partial charge in [-0.15, -0.1) is 0 Å². The summed E-state index contributed by atoms with van der Waals surface area (Å²) in [6.45, 7) is 2.25. The van der Waals surface area contributed by atoms with Crippen LogP contribution in [-0.4, -0.2) is 13.6 Å². The smallest absolute Gasteiger partial charge is 0.134 e. The molecule has 1 unspecified atom stereocenters. The second kappa shape index (κ2) is 4.76. The second-order valence-corrected chi connectivity index (χ2v) is 3.99. The molecule has 0 bridgehead atoms. The number of nitrogens with one attached hydrogen (secondary N) is 1. The number of hydrogen-bond acceptors (Lipinski definition) is 1. The summed E-state index contributed by atoms with van der Waals surface area (Å²) in [5, 5.41) is 3.58. The fourth-order valence-electron chi connectivity index (χ4n) is 1.30. The quantitative estimate of drug-likeness (QED) is 0.814. The van der Waals surface area contributed by atoms with Gasteiger partial charge in [-0.25, -0.2) is 4.39 Å². The van der Waals surface area contributed by atoms with E-state index < -0.39 is 5.67 Å². The van der Waals surface area contributed by atoms with Gasteiger partial charge in [-0.2, -0.15) is 0 Å². The van der Waals surface area contributed by atoms with E-state index in [1.807, 2.05) is 7.05 Å². The van der Waals surface area contributed by atoms with Crippen LogP contribution in [0, 0.1) is 0 Å². The fraction of sp³-hybridized carbons (Fsp3) is 0.455. The zero-order valence-corrected chi connectivity index (χ0v) is 9.24. The van der Waals surface area contributed by atoms with Crippen LogP contribution in [-0.2, 0) is 5.67 Å². The van der Waals surface area contributed by atoms with Crippen molar-refractivity contribution < 1.29 is 4.39 Å². The first-order valence-electron chi connectivity index (χ1n) is 4.66. The number of alkyl halides is 1. The highest BCUT2D eigenvalue weighted by atomic mass is 35.5. The van der Waals surface area contributed by atoms with Crippen LogP contribution in [0.5, 0.6) is 0 Å². The van der Waals surface area contributed by atoms with Crippen LogP contribution in [0.25, 0.3) is 0 Å². The van der Waals surface area contributed by atoms with E-state index in [4.69, 9.17) is 11.6 Å². The Kier molecular flexibility index (Phi) is 3.90. The van der Waals surface area contributed by atoms with E-state index in [0.29, 0.717) is 23.6 Å². The highest BCUT2D eigenvalue weighted by molar-refractivity contribution is 6.30. The Morgan fingerprint density at radius 2 is 1.93 bits per heavy atom. The lowest BCUT2D eigenvalue weighted by Gasteiger charge is -2.20. The molecule has 0 aliphatic heterocycles. The van der Waals surface area contributed by atoms with Crippen LogP contribution < -0.4 is 5.32 Å². The summed E-state index contributed by atoms with van der Waals surface area (Å²) in [6, 6.07) is 6.90. The van der Waals surface area contributed by atoms with E-state index in [9.17, 15) is 4.39 Å². The maximum Gasteiger partial charge on any atom is 0.134 e. The molecule has 1 N–H and O–H groups in total. The summed E-state index contributed by atoms with van der Waals surface area (Å²) < 4.78 is 14.1. The molecule has 1 nitrogen and oxygen atoms in total. The van der Waals surface area contributed by atoms with Crippen molar-refractivity contribution in [1.29, 1.82) is 0 Å². The molecular weight excluding hydrogens is 201 g/mol. The molecule has 0 heterocycles. The van der Waals surface area contributed by atoms with Crippen molar-refractivity contribution in [2.24, 2.45) is 0 Å². The number of benzene rings is 1. The Labute approximate surface area is 89.3 Å². The normalized spacial score (nSPS) is 15.1. The fourth-order valence-corrected chi connectivity index (χ4v) is 1.43. The van der Waals surface area contributed by atoms with E-state index in [0.717, 1.165) is 0 Å². The molecule has 1 atom stereocenters. The van der Waals surface area contributed by atoms with Crippen LogP contribution in [0.3, 0.4) is 0 Å². The Morgan fingerprint density at radius 3 is 2.43 bits per heavy atom. The van der Waals surface area contributed by atoms with Gasteiger partial charge >= 0.3 is 0 Å². The maximum atomic E-state index is 14.1. The van der Waals surface area contributed by atoms with Crippen molar-refractivity contribution >= 4 is 11.6 Å². The second-order valence-electron chi connectivity index (χ2n) is 3.56. The molecule has 0 fully saturated rings. The average molecular weight is 216 g/mol. The van der Waals surface area contributed by atoms with Gasteiger partial charge in [-0.3, -0.25) is 0 Å². The Bertz CT molecular complexity index is 282. The molecule has 0 saturated carbocycles. The molecule has 1 aromatic rings. The van der Waals surface area contributed by atoms with Crippen LogP contribution >= 0.6 is 11.6 Å². The van der Waals surface area contributed by atoms with E-state index in [1.165, 1.54) is 0 Å². The minimum absolute atomic E-state index is 0.463. The minimum atomic E-state index is -1.28. The van der Waals surface area contributed by atoms with Crippen LogP contribution in [0.1, 0.15) is 18.9 Å². The van der Waals surface area contributed by atoms with Crippen LogP contribution in [0.15, 0.2) is 24.3 Å². The van der Waals surface area contributed by atoms with Gasteiger partial charge in [0.15, 0.2) is 0 Å². The van der Waals surface area contributed by atoms with Crippen molar-refractivity contribution in [2.75, 3.05) is 13.6 Å². The van der Waals surface area contributed by atoms with Gasteiger partial charge in [-0.1, -0.05) is 23.7 Å². The lowest BCUT2D eigenvalue weighted by Crippen LogP contribution is -2.22. The maximum absolute atomic E-state index is 14.1. The summed E-state index contributed by atoms with van der Waals surface area (Å²) in [5.41, 5.74) is -0.606. The lowest BCUT2D eigenvalue weighted by molar-refractivity contribution is 0.177.